The Hall–Kier alpha value is -4.59. The number of aromatic nitrogens is 6. The largest absolute Gasteiger partial charge is 0.494 e. The average Bonchev–Trinajstić information content (AvgIpc) is 3.46. The summed E-state index contributed by atoms with van der Waals surface area (Å²) in [5.74, 6) is 0.0150. The highest BCUT2D eigenvalue weighted by Crippen LogP contribution is 2.42. The molecule has 2 atom stereocenters. The third-order valence-corrected chi connectivity index (χ3v) is 10.8. The van der Waals surface area contributed by atoms with Crippen LogP contribution in [-0.4, -0.2) is 93.9 Å². The summed E-state index contributed by atoms with van der Waals surface area (Å²) >= 11 is 0. The summed E-state index contributed by atoms with van der Waals surface area (Å²) in [6.07, 6.45) is 1.58. The van der Waals surface area contributed by atoms with E-state index in [1.165, 1.54) is 46.1 Å². The fourth-order valence-electron chi connectivity index (χ4n) is 5.09. The van der Waals surface area contributed by atoms with E-state index in [2.05, 4.69) is 34.6 Å². The lowest BCUT2D eigenvalue weighted by Crippen LogP contribution is -2.57. The second kappa shape index (κ2) is 14.7. The molecule has 3 heterocycles. The molecule has 0 bridgehead atoms. The molecular formula is C29H38N8O9S2. The predicted molar refractivity (Wildman–Crippen MR) is 175 cm³/mol. The third-order valence-electron chi connectivity index (χ3n) is 7.16. The van der Waals surface area contributed by atoms with Crippen molar-refractivity contribution in [3.05, 3.63) is 54.0 Å². The molecule has 0 spiro atoms. The van der Waals surface area contributed by atoms with E-state index in [1.54, 1.807) is 50.2 Å². The minimum absolute atomic E-state index is 0.0711. The van der Waals surface area contributed by atoms with E-state index in [4.69, 9.17) is 23.7 Å². The van der Waals surface area contributed by atoms with E-state index in [0.29, 0.717) is 5.69 Å². The van der Waals surface area contributed by atoms with E-state index in [0.717, 1.165) is 7.11 Å². The van der Waals surface area contributed by atoms with E-state index in [1.807, 2.05) is 0 Å². The molecule has 0 fully saturated rings. The molecule has 0 radical (unpaired) electrons. The highest BCUT2D eigenvalue weighted by Gasteiger charge is 2.56. The SMILES string of the molecule is CCCS(=O)(=O)N[C@@H](C)[C@@](OC)(c1ncc(C)nc1OC)S(=O)(=O)Nc1nnc(-c2cccc(OC)n2)n1-c1c(OC)cccc1OC. The Morgan fingerprint density at radius 3 is 2.15 bits per heavy atom. The second-order valence-electron chi connectivity index (χ2n) is 10.3. The quantitative estimate of drug-likeness (QED) is 0.172. The predicted octanol–water partition coefficient (Wildman–Crippen LogP) is 2.42. The molecule has 0 amide bonds. The molecule has 0 saturated heterocycles. The van der Waals surface area contributed by atoms with Crippen molar-refractivity contribution in [2.45, 2.75) is 38.2 Å². The van der Waals surface area contributed by atoms with Crippen LogP contribution in [0.1, 0.15) is 31.7 Å². The van der Waals surface area contributed by atoms with Crippen LogP contribution in [0, 0.1) is 6.92 Å². The standard InChI is InChI=1S/C29H38N8O9S2/c1-9-16-47(38,39)35-19(3)29(46-8,25-27(45-7)31-18(2)17-30-25)48(40,41)36-28-34-33-26(20-12-10-15-23(32-20)44-6)37(28)24-21(42-4)13-11-14-22(24)43-5/h10-15,17,19,35H,9,16H2,1-8H3,(H,34,36)/t19-,29-/m0/s1. The molecule has 4 aromatic rings. The Labute approximate surface area is 279 Å². The number of hydrogen-bond donors (Lipinski definition) is 2. The number of pyridine rings is 1. The average molecular weight is 707 g/mol. The zero-order valence-electron chi connectivity index (χ0n) is 27.7. The third kappa shape index (κ3) is 6.84. The smallest absolute Gasteiger partial charge is 0.273 e. The Morgan fingerprint density at radius 1 is 0.896 bits per heavy atom. The Bertz CT molecular complexity index is 1950. The number of methoxy groups -OCH3 is 5. The molecule has 0 saturated carbocycles. The van der Waals surface area contributed by atoms with Gasteiger partial charge in [0.25, 0.3) is 15.0 Å². The van der Waals surface area contributed by atoms with Gasteiger partial charge in [-0.05, 0) is 38.5 Å². The maximum atomic E-state index is 14.9. The van der Waals surface area contributed by atoms with Gasteiger partial charge >= 0.3 is 0 Å². The molecule has 2 N–H and O–H groups in total. The first kappa shape index (κ1) is 36.2. The Kier molecular flexibility index (Phi) is 11.1. The van der Waals surface area contributed by atoms with Crippen LogP contribution in [0.2, 0.25) is 0 Å². The van der Waals surface area contributed by atoms with Crippen molar-refractivity contribution < 1.29 is 40.5 Å². The van der Waals surface area contributed by atoms with Gasteiger partial charge in [0.1, 0.15) is 22.9 Å². The van der Waals surface area contributed by atoms with Gasteiger partial charge in [-0.25, -0.2) is 41.2 Å². The van der Waals surface area contributed by atoms with Crippen LogP contribution in [0.25, 0.3) is 17.2 Å². The van der Waals surface area contributed by atoms with Crippen molar-refractivity contribution in [1.82, 2.24) is 34.4 Å². The van der Waals surface area contributed by atoms with Gasteiger partial charge in [0.15, 0.2) is 11.5 Å². The van der Waals surface area contributed by atoms with Crippen LogP contribution in [0.5, 0.6) is 23.3 Å². The molecule has 4 rings (SSSR count). The number of aryl methyl sites for hydroxylation is 1. The number of rotatable bonds is 16. The number of benzene rings is 1. The van der Waals surface area contributed by atoms with Crippen LogP contribution in [0.4, 0.5) is 5.95 Å². The number of nitrogens with one attached hydrogen (secondary N) is 2. The molecule has 17 nitrogen and oxygen atoms in total. The summed E-state index contributed by atoms with van der Waals surface area (Å²) < 4.78 is 89.7. The number of nitrogens with zero attached hydrogens (tertiary/aromatic N) is 6. The number of sulfonamides is 2. The second-order valence-corrected chi connectivity index (χ2v) is 14.0. The molecular weight excluding hydrogens is 668 g/mol. The van der Waals surface area contributed by atoms with Gasteiger partial charge in [-0.3, -0.25) is 4.57 Å². The molecule has 260 valence electrons. The highest BCUT2D eigenvalue weighted by molar-refractivity contribution is 7.93. The molecule has 1 aromatic carbocycles. The molecule has 19 heteroatoms. The van der Waals surface area contributed by atoms with E-state index >= 15 is 0 Å². The van der Waals surface area contributed by atoms with Crippen LogP contribution in [0.15, 0.2) is 42.6 Å². The van der Waals surface area contributed by atoms with Crippen LogP contribution in [0.3, 0.4) is 0 Å². The number of hydrogen-bond acceptors (Lipinski definition) is 14. The van der Waals surface area contributed by atoms with Gasteiger partial charge in [0.2, 0.25) is 27.7 Å². The van der Waals surface area contributed by atoms with E-state index in [-0.39, 0.29) is 64.3 Å². The molecule has 3 aromatic heterocycles. The van der Waals surface area contributed by atoms with Gasteiger partial charge < -0.3 is 23.7 Å². The van der Waals surface area contributed by atoms with Crippen molar-refractivity contribution in [3.63, 3.8) is 0 Å². The van der Waals surface area contributed by atoms with Gasteiger partial charge in [-0.15, -0.1) is 10.2 Å². The van der Waals surface area contributed by atoms with Crippen molar-refractivity contribution in [3.8, 4) is 40.5 Å². The summed E-state index contributed by atoms with van der Waals surface area (Å²) in [7, 11) is -2.27. The Balaban J connectivity index is 2.04. The number of ether oxygens (including phenoxy) is 5. The molecule has 0 aliphatic rings. The minimum atomic E-state index is -4.96. The number of para-hydroxylation sites is 1. The fraction of sp³-hybridized carbons (Fsp3) is 0.414. The summed E-state index contributed by atoms with van der Waals surface area (Å²) in [6, 6.07) is 8.37. The molecule has 48 heavy (non-hydrogen) atoms. The van der Waals surface area contributed by atoms with Crippen LogP contribution >= 0.6 is 0 Å². The summed E-state index contributed by atoms with van der Waals surface area (Å²) in [5, 5.41) is 8.47. The normalized spacial score (nSPS) is 13.8. The van der Waals surface area contributed by atoms with Crippen LogP contribution in [-0.2, 0) is 29.7 Å². The monoisotopic (exact) mass is 706 g/mol. The summed E-state index contributed by atoms with van der Waals surface area (Å²) in [4.78, 5) is 10.5. The summed E-state index contributed by atoms with van der Waals surface area (Å²) in [6.45, 7) is 4.63. The van der Waals surface area contributed by atoms with Gasteiger partial charge in [-0.1, -0.05) is 19.1 Å². The van der Waals surface area contributed by atoms with Crippen molar-refractivity contribution in [1.29, 1.82) is 0 Å². The zero-order chi connectivity index (χ0) is 35.3. The lowest BCUT2D eigenvalue weighted by atomic mass is 10.1. The molecule has 0 unspecified atom stereocenters. The van der Waals surface area contributed by atoms with Crippen molar-refractivity contribution in [2.24, 2.45) is 0 Å². The van der Waals surface area contributed by atoms with E-state index < -0.39 is 31.0 Å². The first-order chi connectivity index (χ1) is 22.8. The number of anilines is 1. The zero-order valence-corrected chi connectivity index (χ0v) is 29.3. The maximum Gasteiger partial charge on any atom is 0.273 e. The molecule has 0 aliphatic carbocycles. The lowest BCUT2D eigenvalue weighted by molar-refractivity contribution is 0.0311. The first-order valence-corrected chi connectivity index (χ1v) is 17.6. The Morgan fingerprint density at radius 2 is 1.56 bits per heavy atom. The van der Waals surface area contributed by atoms with E-state index in [9.17, 15) is 16.8 Å². The van der Waals surface area contributed by atoms with Gasteiger partial charge in [0.05, 0.1) is 45.9 Å². The van der Waals surface area contributed by atoms with Gasteiger partial charge in [-0.2, -0.15) is 0 Å². The maximum absolute atomic E-state index is 14.9. The van der Waals surface area contributed by atoms with Crippen LogP contribution < -0.4 is 28.4 Å². The van der Waals surface area contributed by atoms with Crippen molar-refractivity contribution >= 4 is 26.0 Å². The summed E-state index contributed by atoms with van der Waals surface area (Å²) in [5.41, 5.74) is 0.554. The van der Waals surface area contributed by atoms with Crippen molar-refractivity contribution in [2.75, 3.05) is 46.0 Å². The molecule has 0 aliphatic heterocycles. The van der Waals surface area contributed by atoms with Gasteiger partial charge in [0, 0.05) is 19.4 Å². The fourth-order valence-corrected chi connectivity index (χ4v) is 8.19. The lowest BCUT2D eigenvalue weighted by Gasteiger charge is -2.36. The topological polar surface area (TPSA) is 208 Å². The first-order valence-electron chi connectivity index (χ1n) is 14.5. The highest BCUT2D eigenvalue weighted by atomic mass is 32.2. The minimum Gasteiger partial charge on any atom is -0.494 e.